The fourth-order valence-corrected chi connectivity index (χ4v) is 9.65. The molecule has 0 unspecified atom stereocenters. The van der Waals surface area contributed by atoms with Crippen LogP contribution in [0.5, 0.6) is 11.5 Å². The molecule has 1 aliphatic heterocycles. The maximum Gasteiger partial charge on any atom is 0.395 e. The second kappa shape index (κ2) is 18.3. The molecule has 8 aromatic rings. The fraction of sp³-hybridized carbons (Fsp3) is 0.333. The van der Waals surface area contributed by atoms with Crippen LogP contribution in [0, 0.1) is 18.8 Å². The molecule has 0 saturated carbocycles. The van der Waals surface area contributed by atoms with Gasteiger partial charge in [-0.05, 0) is 119 Å². The zero-order valence-corrected chi connectivity index (χ0v) is 46.5. The zero-order valence-electron chi connectivity index (χ0n) is 44.3. The number of halogens is 3. The van der Waals surface area contributed by atoms with Crippen molar-refractivity contribution in [1.29, 1.82) is 0 Å². The van der Waals surface area contributed by atoms with Crippen LogP contribution in [0.15, 0.2) is 121 Å². The Bertz CT molecular complexity index is 3280. The van der Waals surface area contributed by atoms with E-state index in [9.17, 15) is 0 Å². The molecule has 0 atom stereocenters. The van der Waals surface area contributed by atoms with Gasteiger partial charge in [0.2, 0.25) is 0 Å². The quantitative estimate of drug-likeness (QED) is 0.155. The number of pyridine rings is 1. The molecule has 5 nitrogen and oxygen atoms in total. The van der Waals surface area contributed by atoms with E-state index in [1.54, 1.807) is 29.0 Å². The molecule has 0 saturated heterocycles. The van der Waals surface area contributed by atoms with Crippen LogP contribution in [-0.4, -0.2) is 9.55 Å². The minimum atomic E-state index is -4.73. The zero-order chi connectivity index (χ0) is 51.4. The Balaban J connectivity index is 0.00000693. The first-order chi connectivity index (χ1) is 33.0. The van der Waals surface area contributed by atoms with E-state index in [0.717, 1.165) is 34.3 Å². The topological polar surface area (TPSA) is 33.5 Å². The molecule has 0 fully saturated rings. The molecule has 0 spiro atoms. The van der Waals surface area contributed by atoms with Crippen LogP contribution in [-0.2, 0) is 54.3 Å². The Morgan fingerprint density at radius 3 is 1.65 bits per heavy atom. The molecule has 2 aromatic heterocycles. The average Bonchev–Trinajstić information content (AvgIpc) is 3.83. The summed E-state index contributed by atoms with van der Waals surface area (Å²) in [4.78, 5) is 9.12. The summed E-state index contributed by atoms with van der Waals surface area (Å²) in [7, 11) is 0. The summed E-state index contributed by atoms with van der Waals surface area (Å²) in [5.74, 6) is 0.618. The number of benzene rings is 6. The van der Waals surface area contributed by atoms with E-state index < -0.39 is 11.7 Å². The molecule has 9 heteroatoms. The third-order valence-corrected chi connectivity index (χ3v) is 13.6. The Labute approximate surface area is 439 Å². The number of rotatable bonds is 6. The minimum Gasteiger partial charge on any atom is -0.509 e. The molecule has 9 rings (SSSR count). The van der Waals surface area contributed by atoms with Gasteiger partial charge in [-0.2, -0.15) is 19.2 Å². The molecule has 0 amide bonds. The summed E-state index contributed by atoms with van der Waals surface area (Å²) in [6.45, 7) is 35.5. The van der Waals surface area contributed by atoms with E-state index in [2.05, 4.69) is 163 Å². The van der Waals surface area contributed by atoms with Gasteiger partial charge < -0.3 is 19.1 Å². The van der Waals surface area contributed by atoms with Gasteiger partial charge in [0, 0.05) is 61.3 Å². The Morgan fingerprint density at radius 2 is 1.08 bits per heavy atom. The summed E-state index contributed by atoms with van der Waals surface area (Å²) < 4.78 is 54.9. The van der Waals surface area contributed by atoms with E-state index in [0.29, 0.717) is 22.4 Å². The number of fused-ring (bicyclic) bond motifs is 4. The van der Waals surface area contributed by atoms with Crippen LogP contribution in [0.3, 0.4) is 0 Å². The monoisotopic (exact) mass is 1150 g/mol. The number of hydrogen-bond donors (Lipinski definition) is 0. The van der Waals surface area contributed by atoms with Crippen molar-refractivity contribution in [2.24, 2.45) is 0 Å². The van der Waals surface area contributed by atoms with Gasteiger partial charge >= 0.3 is 6.18 Å². The van der Waals surface area contributed by atoms with E-state index >= 15 is 13.2 Å². The average molecular weight is 1150 g/mol. The van der Waals surface area contributed by atoms with Gasteiger partial charge in [-0.3, -0.25) is 0 Å². The number of hydrogen-bond acceptors (Lipinski definition) is 4. The van der Waals surface area contributed by atoms with Crippen LogP contribution < -0.4 is 14.5 Å². The van der Waals surface area contributed by atoms with Crippen molar-refractivity contribution in [3.8, 4) is 28.4 Å². The molecule has 0 aliphatic carbocycles. The van der Waals surface area contributed by atoms with Crippen molar-refractivity contribution in [1.82, 2.24) is 9.55 Å². The summed E-state index contributed by atoms with van der Waals surface area (Å²) in [5.41, 5.74) is 11.0. The number of alkyl halides is 3. The first-order valence-electron chi connectivity index (χ1n) is 24.6. The minimum absolute atomic E-state index is 0. The molecule has 0 radical (unpaired) electrons. The summed E-state index contributed by atoms with van der Waals surface area (Å²) in [5, 5.41) is 0.466. The molecule has 1 aliphatic rings. The Hall–Kier alpha value is -5.85. The predicted molar refractivity (Wildman–Crippen MR) is 288 cm³/mol. The third kappa shape index (κ3) is 9.97. The van der Waals surface area contributed by atoms with Crippen LogP contribution in [0.1, 0.15) is 137 Å². The second-order valence-corrected chi connectivity index (χ2v) is 24.3. The summed E-state index contributed by atoms with van der Waals surface area (Å²) in [6, 6.07) is 44.1. The standard InChI is InChI=1S/C63H66F3N4O.Pt/c1-58(2,3)40-30-41(59(4,5)6)32-44(31-40)69-38-68(52-25-18-19-26-53(52)69)43-21-20-22-45(35-43)71-46-36-50(63(64,65)66)57-47-23-16-17-24-51(47)70(54(57)37-46)55-29-39(27-28-67-55)56-48(61(10,11)12)33-42(60(7,8)9)34-49(56)62(13,14)15;/h16-34,36,38H,1-15H3;/q-3;. The third-order valence-electron chi connectivity index (χ3n) is 13.6. The van der Waals surface area contributed by atoms with Gasteiger partial charge in [0.1, 0.15) is 5.82 Å². The molecule has 0 N–H and O–H groups in total. The number of anilines is 4. The first-order valence-corrected chi connectivity index (χ1v) is 24.6. The van der Waals surface area contributed by atoms with Gasteiger partial charge in [-0.1, -0.05) is 163 Å². The first kappa shape index (κ1) is 52.5. The van der Waals surface area contributed by atoms with Crippen LogP contribution in [0.25, 0.3) is 38.8 Å². The van der Waals surface area contributed by atoms with Crippen molar-refractivity contribution < 1.29 is 39.0 Å². The smallest absolute Gasteiger partial charge is 0.395 e. The number of ether oxygens (including phenoxy) is 1. The SMILES string of the molecule is CC(C)(C)c1cc(N2[CH-]N(c3[c-]c(Oc4[c-]c5c(c(C(F)(F)F)c4)c4ccccc4n5-c4cc(-c5c(C(C)(C)C)cc(C(C)(C)C)cc5C(C)(C)C)ccn4)ccc3)c3ccccc32)cc(C(C)(C)C)c1.[Pt]. The van der Waals surface area contributed by atoms with E-state index in [4.69, 9.17) is 9.72 Å². The van der Waals surface area contributed by atoms with Gasteiger partial charge in [0.25, 0.3) is 0 Å². The second-order valence-electron chi connectivity index (χ2n) is 24.3. The Morgan fingerprint density at radius 1 is 0.528 bits per heavy atom. The molecule has 378 valence electrons. The van der Waals surface area contributed by atoms with Crippen molar-refractivity contribution >= 4 is 44.6 Å². The molecule has 3 heterocycles. The van der Waals surface area contributed by atoms with Gasteiger partial charge in [0.05, 0.1) is 0 Å². The summed E-state index contributed by atoms with van der Waals surface area (Å²) in [6.07, 6.45) is -2.97. The van der Waals surface area contributed by atoms with Gasteiger partial charge in [-0.25, -0.2) is 4.98 Å². The van der Waals surface area contributed by atoms with Crippen LogP contribution in [0.2, 0.25) is 0 Å². The largest absolute Gasteiger partial charge is 0.509 e. The molecule has 6 aromatic carbocycles. The predicted octanol–water partition coefficient (Wildman–Crippen LogP) is 18.2. The Kier molecular flexibility index (Phi) is 13.3. The van der Waals surface area contributed by atoms with Crippen molar-refractivity contribution in [2.45, 2.75) is 137 Å². The number of para-hydroxylation sites is 3. The van der Waals surface area contributed by atoms with E-state index in [1.165, 1.54) is 27.8 Å². The fourth-order valence-electron chi connectivity index (χ4n) is 9.65. The van der Waals surface area contributed by atoms with Gasteiger partial charge in [0.15, 0.2) is 0 Å². The van der Waals surface area contributed by atoms with Crippen molar-refractivity contribution in [3.05, 3.63) is 174 Å². The summed E-state index contributed by atoms with van der Waals surface area (Å²) >= 11 is 0. The number of nitrogens with zero attached hydrogens (tertiary/aromatic N) is 4. The van der Waals surface area contributed by atoms with E-state index in [1.807, 2.05) is 60.1 Å². The van der Waals surface area contributed by atoms with Crippen LogP contribution in [0.4, 0.5) is 35.9 Å². The number of aromatic nitrogens is 2. The molecule has 72 heavy (non-hydrogen) atoms. The van der Waals surface area contributed by atoms with Crippen molar-refractivity contribution in [2.75, 3.05) is 9.80 Å². The molecular formula is C63H66F3N4OPt-3. The molecule has 0 bridgehead atoms. The molecular weight excluding hydrogens is 1080 g/mol. The van der Waals surface area contributed by atoms with Gasteiger partial charge in [-0.15, -0.1) is 42.7 Å². The van der Waals surface area contributed by atoms with Crippen LogP contribution >= 0.6 is 0 Å². The normalized spacial score (nSPS) is 13.8. The van der Waals surface area contributed by atoms with Crippen molar-refractivity contribution in [3.63, 3.8) is 0 Å². The maximum atomic E-state index is 15.5. The van der Waals surface area contributed by atoms with E-state index in [-0.39, 0.29) is 70.5 Å². The maximum absolute atomic E-state index is 15.5.